The Balaban J connectivity index is 1.91. The van der Waals surface area contributed by atoms with Crippen LogP contribution in [0.4, 0.5) is 0 Å². The molecule has 3 unspecified atom stereocenters. The predicted octanol–water partition coefficient (Wildman–Crippen LogP) is 2.23. The van der Waals surface area contributed by atoms with Crippen LogP contribution in [0.15, 0.2) is 0 Å². The second kappa shape index (κ2) is 4.84. The molecule has 2 N–H and O–H groups in total. The summed E-state index contributed by atoms with van der Waals surface area (Å²) in [5.74, 6) is 1.76. The summed E-state index contributed by atoms with van der Waals surface area (Å²) < 4.78 is 0. The van der Waals surface area contributed by atoms with Gasteiger partial charge in [0.2, 0.25) is 0 Å². The minimum Gasteiger partial charge on any atom is -0.327 e. The van der Waals surface area contributed by atoms with E-state index in [0.717, 1.165) is 17.9 Å². The maximum absolute atomic E-state index is 6.16. The zero-order chi connectivity index (χ0) is 10.8. The van der Waals surface area contributed by atoms with E-state index in [9.17, 15) is 0 Å². The molecule has 2 aliphatic rings. The van der Waals surface area contributed by atoms with E-state index < -0.39 is 0 Å². The molecule has 0 radical (unpaired) electrons. The van der Waals surface area contributed by atoms with Gasteiger partial charge in [-0.05, 0) is 44.1 Å². The molecule has 1 aliphatic carbocycles. The highest BCUT2D eigenvalue weighted by atomic mass is 15.2. The predicted molar refractivity (Wildman–Crippen MR) is 64.7 cm³/mol. The minimum atomic E-state index is 0.461. The summed E-state index contributed by atoms with van der Waals surface area (Å²) in [4.78, 5) is 2.73. The van der Waals surface area contributed by atoms with Crippen molar-refractivity contribution >= 4 is 0 Å². The fraction of sp³-hybridized carbons (Fsp3) is 1.00. The lowest BCUT2D eigenvalue weighted by atomic mass is 9.89. The molecule has 2 nitrogen and oxygen atoms in total. The highest BCUT2D eigenvalue weighted by Crippen LogP contribution is 2.38. The van der Waals surface area contributed by atoms with Gasteiger partial charge in [-0.1, -0.05) is 20.3 Å². The lowest BCUT2D eigenvalue weighted by Crippen LogP contribution is -2.50. The molecule has 0 spiro atoms. The Kier molecular flexibility index (Phi) is 3.68. The SMILES string of the molecule is CCC1CN(C(CC)C2CC2)CCC1N. The first-order valence-corrected chi connectivity index (χ1v) is 6.75. The summed E-state index contributed by atoms with van der Waals surface area (Å²) >= 11 is 0. The molecule has 3 atom stereocenters. The fourth-order valence-electron chi connectivity index (χ4n) is 3.18. The van der Waals surface area contributed by atoms with Crippen molar-refractivity contribution < 1.29 is 0 Å². The minimum absolute atomic E-state index is 0.461. The van der Waals surface area contributed by atoms with Gasteiger partial charge in [-0.15, -0.1) is 0 Å². The molecule has 0 bridgehead atoms. The molecule has 0 aromatic rings. The van der Waals surface area contributed by atoms with Crippen molar-refractivity contribution in [2.24, 2.45) is 17.6 Å². The van der Waals surface area contributed by atoms with Crippen LogP contribution in [0.1, 0.15) is 46.0 Å². The molecule has 0 aromatic heterocycles. The third-order valence-corrected chi connectivity index (χ3v) is 4.40. The number of likely N-dealkylation sites (tertiary alicyclic amines) is 1. The van der Waals surface area contributed by atoms with Crippen molar-refractivity contribution in [1.29, 1.82) is 0 Å². The Morgan fingerprint density at radius 1 is 1.27 bits per heavy atom. The van der Waals surface area contributed by atoms with Crippen LogP contribution in [0.2, 0.25) is 0 Å². The summed E-state index contributed by atoms with van der Waals surface area (Å²) in [6.45, 7) is 7.13. The van der Waals surface area contributed by atoms with E-state index in [0.29, 0.717) is 6.04 Å². The van der Waals surface area contributed by atoms with Crippen LogP contribution < -0.4 is 5.73 Å². The number of hydrogen-bond acceptors (Lipinski definition) is 2. The molecule has 1 heterocycles. The van der Waals surface area contributed by atoms with E-state index in [1.807, 2.05) is 0 Å². The fourth-order valence-corrected chi connectivity index (χ4v) is 3.18. The van der Waals surface area contributed by atoms with Crippen LogP contribution in [0.25, 0.3) is 0 Å². The summed E-state index contributed by atoms with van der Waals surface area (Å²) in [5.41, 5.74) is 6.16. The Hall–Kier alpha value is -0.0800. The number of hydrogen-bond donors (Lipinski definition) is 1. The van der Waals surface area contributed by atoms with Gasteiger partial charge in [0.25, 0.3) is 0 Å². The zero-order valence-electron chi connectivity index (χ0n) is 10.3. The molecule has 15 heavy (non-hydrogen) atoms. The van der Waals surface area contributed by atoms with Crippen molar-refractivity contribution in [2.45, 2.75) is 58.0 Å². The Bertz CT molecular complexity index is 201. The second-order valence-corrected chi connectivity index (χ2v) is 5.43. The Morgan fingerprint density at radius 3 is 2.53 bits per heavy atom. The molecule has 0 amide bonds. The first kappa shape index (κ1) is 11.4. The molecule has 0 aromatic carbocycles. The largest absolute Gasteiger partial charge is 0.327 e. The molecule has 2 rings (SSSR count). The van der Waals surface area contributed by atoms with Crippen LogP contribution in [0.5, 0.6) is 0 Å². The summed E-state index contributed by atoms with van der Waals surface area (Å²) in [7, 11) is 0. The smallest absolute Gasteiger partial charge is 0.0121 e. The number of rotatable bonds is 4. The van der Waals surface area contributed by atoms with Gasteiger partial charge in [-0.3, -0.25) is 4.90 Å². The number of nitrogens with two attached hydrogens (primary N) is 1. The quantitative estimate of drug-likeness (QED) is 0.771. The molecule has 2 fully saturated rings. The van der Waals surface area contributed by atoms with E-state index in [-0.39, 0.29) is 0 Å². The average Bonchev–Trinajstić information content (AvgIpc) is 3.06. The lowest BCUT2D eigenvalue weighted by Gasteiger charge is -2.41. The monoisotopic (exact) mass is 210 g/mol. The van der Waals surface area contributed by atoms with E-state index in [1.54, 1.807) is 0 Å². The normalized spacial score (nSPS) is 35.4. The molecular weight excluding hydrogens is 184 g/mol. The first-order chi connectivity index (χ1) is 7.26. The van der Waals surface area contributed by atoms with Gasteiger partial charge in [0.1, 0.15) is 0 Å². The summed E-state index contributed by atoms with van der Waals surface area (Å²) in [6, 6.07) is 1.33. The van der Waals surface area contributed by atoms with Gasteiger partial charge in [0, 0.05) is 18.6 Å². The van der Waals surface area contributed by atoms with E-state index in [1.165, 1.54) is 45.2 Å². The van der Waals surface area contributed by atoms with Crippen molar-refractivity contribution in [3.63, 3.8) is 0 Å². The molecule has 88 valence electrons. The van der Waals surface area contributed by atoms with Crippen LogP contribution in [-0.2, 0) is 0 Å². The lowest BCUT2D eigenvalue weighted by molar-refractivity contribution is 0.0926. The van der Waals surface area contributed by atoms with Gasteiger partial charge < -0.3 is 5.73 Å². The Morgan fingerprint density at radius 2 is 2.00 bits per heavy atom. The van der Waals surface area contributed by atoms with E-state index in [2.05, 4.69) is 18.7 Å². The van der Waals surface area contributed by atoms with Crippen molar-refractivity contribution in [3.8, 4) is 0 Å². The van der Waals surface area contributed by atoms with Crippen molar-refractivity contribution in [2.75, 3.05) is 13.1 Å². The standard InChI is InChI=1S/C13H26N2/c1-3-10-9-15(8-7-12(10)14)13(4-2)11-5-6-11/h10-13H,3-9,14H2,1-2H3. The first-order valence-electron chi connectivity index (χ1n) is 6.75. The summed E-state index contributed by atoms with van der Waals surface area (Å²) in [6.07, 6.45) is 6.73. The van der Waals surface area contributed by atoms with Gasteiger partial charge >= 0.3 is 0 Å². The maximum Gasteiger partial charge on any atom is 0.0121 e. The highest BCUT2D eigenvalue weighted by Gasteiger charge is 2.37. The van der Waals surface area contributed by atoms with Gasteiger partial charge in [0.05, 0.1) is 0 Å². The Labute approximate surface area is 94.2 Å². The van der Waals surface area contributed by atoms with Crippen LogP contribution in [0, 0.1) is 11.8 Å². The van der Waals surface area contributed by atoms with Crippen molar-refractivity contribution in [1.82, 2.24) is 4.90 Å². The van der Waals surface area contributed by atoms with E-state index in [4.69, 9.17) is 5.73 Å². The maximum atomic E-state index is 6.16. The third kappa shape index (κ3) is 2.54. The molecule has 2 heteroatoms. The average molecular weight is 210 g/mol. The van der Waals surface area contributed by atoms with Crippen molar-refractivity contribution in [3.05, 3.63) is 0 Å². The van der Waals surface area contributed by atoms with Gasteiger partial charge in [-0.25, -0.2) is 0 Å². The third-order valence-electron chi connectivity index (χ3n) is 4.40. The van der Waals surface area contributed by atoms with Gasteiger partial charge in [-0.2, -0.15) is 0 Å². The second-order valence-electron chi connectivity index (χ2n) is 5.43. The molecule has 1 saturated heterocycles. The molecular formula is C13H26N2. The van der Waals surface area contributed by atoms with Gasteiger partial charge in [0.15, 0.2) is 0 Å². The number of piperidine rings is 1. The van der Waals surface area contributed by atoms with Crippen LogP contribution in [0.3, 0.4) is 0 Å². The van der Waals surface area contributed by atoms with Crippen LogP contribution >= 0.6 is 0 Å². The molecule has 1 saturated carbocycles. The topological polar surface area (TPSA) is 29.3 Å². The van der Waals surface area contributed by atoms with Crippen LogP contribution in [-0.4, -0.2) is 30.1 Å². The van der Waals surface area contributed by atoms with E-state index >= 15 is 0 Å². The zero-order valence-corrected chi connectivity index (χ0v) is 10.3. The number of nitrogens with zero attached hydrogens (tertiary/aromatic N) is 1. The highest BCUT2D eigenvalue weighted by molar-refractivity contribution is 4.92. The molecule has 1 aliphatic heterocycles. The summed E-state index contributed by atoms with van der Waals surface area (Å²) in [5, 5.41) is 0.